The second kappa shape index (κ2) is 7.83. The fourth-order valence-corrected chi connectivity index (χ4v) is 3.56. The molecule has 3 heterocycles. The van der Waals surface area contributed by atoms with Crippen LogP contribution in [-0.4, -0.2) is 51.4 Å². The Balaban J connectivity index is 1.56. The number of hydrogen-bond acceptors (Lipinski definition) is 6. The number of nitrogens with zero attached hydrogens (tertiary/aromatic N) is 5. The molecule has 1 aromatic carbocycles. The van der Waals surface area contributed by atoms with Crippen LogP contribution in [0, 0.1) is 5.82 Å². The molecule has 1 aliphatic rings. The van der Waals surface area contributed by atoms with E-state index in [0.717, 1.165) is 5.56 Å². The van der Waals surface area contributed by atoms with E-state index in [2.05, 4.69) is 19.9 Å². The molecule has 1 saturated heterocycles. The van der Waals surface area contributed by atoms with Crippen LogP contribution in [0.5, 0.6) is 0 Å². The number of carbonyl (C=O) groups is 1. The first-order valence-electron chi connectivity index (χ1n) is 9.38. The molecule has 2 aromatic heterocycles. The summed E-state index contributed by atoms with van der Waals surface area (Å²) in [6.45, 7) is 3.64. The molecule has 1 atom stereocenters. The van der Waals surface area contributed by atoms with Gasteiger partial charge in [0.15, 0.2) is 0 Å². The van der Waals surface area contributed by atoms with Gasteiger partial charge in [0, 0.05) is 37.4 Å². The Morgan fingerprint density at radius 3 is 2.59 bits per heavy atom. The largest absolute Gasteiger partial charge is 0.368 e. The van der Waals surface area contributed by atoms with E-state index in [0.29, 0.717) is 36.7 Å². The van der Waals surface area contributed by atoms with Crippen molar-refractivity contribution in [2.45, 2.75) is 13.0 Å². The molecule has 4 rings (SSSR count). The van der Waals surface area contributed by atoms with E-state index in [1.54, 1.807) is 11.0 Å². The number of pyridine rings is 1. The van der Waals surface area contributed by atoms with Crippen LogP contribution in [0.2, 0.25) is 0 Å². The minimum atomic E-state index is -0.369. The molecule has 1 fully saturated rings. The summed E-state index contributed by atoms with van der Waals surface area (Å²) in [4.78, 5) is 29.6. The van der Waals surface area contributed by atoms with Gasteiger partial charge >= 0.3 is 0 Å². The number of nitrogen functional groups attached to an aromatic ring is 1. The van der Waals surface area contributed by atoms with Gasteiger partial charge in [-0.25, -0.2) is 19.3 Å². The van der Waals surface area contributed by atoms with Gasteiger partial charge in [-0.1, -0.05) is 30.3 Å². The summed E-state index contributed by atoms with van der Waals surface area (Å²) in [5.74, 6) is 0.321. The van der Waals surface area contributed by atoms with Gasteiger partial charge in [0.05, 0.1) is 17.5 Å². The molecule has 148 valence electrons. The topological polar surface area (TPSA) is 88.2 Å². The number of hydrogen-bond donors (Lipinski definition) is 1. The van der Waals surface area contributed by atoms with Gasteiger partial charge in [-0.15, -0.1) is 0 Å². The van der Waals surface area contributed by atoms with Crippen molar-refractivity contribution in [3.8, 4) is 11.3 Å². The molecule has 0 radical (unpaired) electrons. The van der Waals surface area contributed by atoms with Crippen LogP contribution in [0.3, 0.4) is 0 Å². The highest BCUT2D eigenvalue weighted by atomic mass is 19.1. The molecule has 1 aliphatic heterocycles. The number of halogens is 1. The average molecular weight is 392 g/mol. The van der Waals surface area contributed by atoms with Gasteiger partial charge in [-0.2, -0.15) is 0 Å². The first-order chi connectivity index (χ1) is 14.0. The predicted molar refractivity (Wildman–Crippen MR) is 109 cm³/mol. The lowest BCUT2D eigenvalue weighted by Crippen LogP contribution is -2.54. The third-order valence-electron chi connectivity index (χ3n) is 5.01. The van der Waals surface area contributed by atoms with Gasteiger partial charge in [0.2, 0.25) is 5.95 Å². The van der Waals surface area contributed by atoms with Crippen molar-refractivity contribution in [3.05, 3.63) is 66.2 Å². The van der Waals surface area contributed by atoms with Crippen LogP contribution >= 0.6 is 0 Å². The Morgan fingerprint density at radius 2 is 1.90 bits per heavy atom. The number of nitrogens with two attached hydrogens (primary N) is 1. The Hall–Kier alpha value is -3.55. The summed E-state index contributed by atoms with van der Waals surface area (Å²) < 4.78 is 13.2. The number of aromatic nitrogens is 3. The first kappa shape index (κ1) is 18.8. The summed E-state index contributed by atoms with van der Waals surface area (Å²) in [6.07, 6.45) is 2.70. The molecule has 0 spiro atoms. The Morgan fingerprint density at radius 1 is 1.10 bits per heavy atom. The van der Waals surface area contributed by atoms with E-state index in [-0.39, 0.29) is 23.7 Å². The van der Waals surface area contributed by atoms with E-state index in [9.17, 15) is 9.18 Å². The molecule has 8 heteroatoms. The molecular weight excluding hydrogens is 371 g/mol. The summed E-state index contributed by atoms with van der Waals surface area (Å²) in [5.41, 5.74) is 7.53. The molecule has 29 heavy (non-hydrogen) atoms. The van der Waals surface area contributed by atoms with Crippen LogP contribution < -0.4 is 10.6 Å². The average Bonchev–Trinajstić information content (AvgIpc) is 2.74. The van der Waals surface area contributed by atoms with Crippen molar-refractivity contribution in [2.75, 3.05) is 30.3 Å². The van der Waals surface area contributed by atoms with Crippen LogP contribution in [-0.2, 0) is 0 Å². The van der Waals surface area contributed by atoms with Crippen LogP contribution in [0.1, 0.15) is 17.3 Å². The van der Waals surface area contributed by atoms with E-state index in [4.69, 9.17) is 5.73 Å². The zero-order valence-corrected chi connectivity index (χ0v) is 16.0. The van der Waals surface area contributed by atoms with Gasteiger partial charge in [0.25, 0.3) is 5.91 Å². The maximum absolute atomic E-state index is 13.3. The SMILES string of the molecule is CC1CN(C(=O)c2cnc(N)nc2-c2ccccc2)CCN1c1ccc(F)cn1. The van der Waals surface area contributed by atoms with Crippen molar-refractivity contribution in [1.29, 1.82) is 0 Å². The number of benzene rings is 1. The molecule has 0 aliphatic carbocycles. The standard InChI is InChI=1S/C21H21FN6O/c1-14-13-27(9-10-28(14)18-8-7-16(22)11-24-18)20(29)17-12-25-21(23)26-19(17)15-5-3-2-4-6-15/h2-8,11-12,14H,9-10,13H2,1H3,(H2,23,25,26). The molecule has 7 nitrogen and oxygen atoms in total. The smallest absolute Gasteiger partial charge is 0.257 e. The lowest BCUT2D eigenvalue weighted by atomic mass is 10.1. The zero-order valence-electron chi connectivity index (χ0n) is 16.0. The Bertz CT molecular complexity index is 1010. The highest BCUT2D eigenvalue weighted by molar-refractivity contribution is 6.00. The number of anilines is 2. The summed E-state index contributed by atoms with van der Waals surface area (Å²) >= 11 is 0. The molecule has 0 bridgehead atoms. The highest BCUT2D eigenvalue weighted by Crippen LogP contribution is 2.25. The summed E-state index contributed by atoms with van der Waals surface area (Å²) in [6, 6.07) is 12.5. The van der Waals surface area contributed by atoms with Crippen molar-refractivity contribution >= 4 is 17.7 Å². The van der Waals surface area contributed by atoms with Crippen molar-refractivity contribution in [2.24, 2.45) is 0 Å². The monoisotopic (exact) mass is 392 g/mol. The number of amides is 1. The normalized spacial score (nSPS) is 16.7. The summed E-state index contributed by atoms with van der Waals surface area (Å²) in [5, 5.41) is 0. The second-order valence-electron chi connectivity index (χ2n) is 6.98. The number of piperazine rings is 1. The second-order valence-corrected chi connectivity index (χ2v) is 6.98. The minimum Gasteiger partial charge on any atom is -0.368 e. The van der Waals surface area contributed by atoms with Crippen molar-refractivity contribution in [1.82, 2.24) is 19.9 Å². The number of rotatable bonds is 3. The van der Waals surface area contributed by atoms with Gasteiger partial charge in [-0.05, 0) is 19.1 Å². The first-order valence-corrected chi connectivity index (χ1v) is 9.38. The Labute approximate surface area is 168 Å². The predicted octanol–water partition coefficient (Wildman–Crippen LogP) is 2.61. The van der Waals surface area contributed by atoms with E-state index < -0.39 is 0 Å². The molecule has 2 N–H and O–H groups in total. The van der Waals surface area contributed by atoms with Crippen molar-refractivity contribution in [3.63, 3.8) is 0 Å². The molecule has 1 amide bonds. The van der Waals surface area contributed by atoms with E-state index in [1.807, 2.05) is 37.3 Å². The highest BCUT2D eigenvalue weighted by Gasteiger charge is 2.30. The van der Waals surface area contributed by atoms with Crippen molar-refractivity contribution < 1.29 is 9.18 Å². The Kier molecular flexibility index (Phi) is 5.07. The fourth-order valence-electron chi connectivity index (χ4n) is 3.56. The maximum atomic E-state index is 13.3. The molecule has 1 unspecified atom stereocenters. The quantitative estimate of drug-likeness (QED) is 0.737. The zero-order chi connectivity index (χ0) is 20.4. The van der Waals surface area contributed by atoms with E-state index >= 15 is 0 Å². The van der Waals surface area contributed by atoms with Gasteiger partial charge < -0.3 is 15.5 Å². The molecular formula is C21H21FN6O. The lowest BCUT2D eigenvalue weighted by Gasteiger charge is -2.40. The summed E-state index contributed by atoms with van der Waals surface area (Å²) in [7, 11) is 0. The van der Waals surface area contributed by atoms with E-state index in [1.165, 1.54) is 18.5 Å². The van der Waals surface area contributed by atoms with Gasteiger partial charge in [0.1, 0.15) is 11.6 Å². The maximum Gasteiger partial charge on any atom is 0.257 e. The third kappa shape index (κ3) is 3.87. The van der Waals surface area contributed by atoms with Gasteiger partial charge in [-0.3, -0.25) is 4.79 Å². The fraction of sp³-hybridized carbons (Fsp3) is 0.238. The lowest BCUT2D eigenvalue weighted by molar-refractivity contribution is 0.0726. The van der Waals surface area contributed by atoms with Crippen LogP contribution in [0.4, 0.5) is 16.2 Å². The third-order valence-corrected chi connectivity index (χ3v) is 5.01. The van der Waals surface area contributed by atoms with Crippen LogP contribution in [0.25, 0.3) is 11.3 Å². The molecule has 3 aromatic rings. The number of carbonyl (C=O) groups excluding carboxylic acids is 1. The van der Waals surface area contributed by atoms with Crippen LogP contribution in [0.15, 0.2) is 54.9 Å². The minimum absolute atomic E-state index is 0.0283. The molecule has 0 saturated carbocycles.